The van der Waals surface area contributed by atoms with Gasteiger partial charge in [0.25, 0.3) is 0 Å². The summed E-state index contributed by atoms with van der Waals surface area (Å²) >= 11 is 5.93. The Labute approximate surface area is 118 Å². The van der Waals surface area contributed by atoms with Gasteiger partial charge in [-0.3, -0.25) is 0 Å². The van der Waals surface area contributed by atoms with Crippen molar-refractivity contribution in [3.05, 3.63) is 58.1 Å². The fourth-order valence-corrected chi connectivity index (χ4v) is 1.85. The summed E-state index contributed by atoms with van der Waals surface area (Å²) in [4.78, 5) is 10.7. The van der Waals surface area contributed by atoms with Gasteiger partial charge in [-0.25, -0.2) is 13.6 Å². The van der Waals surface area contributed by atoms with Crippen molar-refractivity contribution in [3.63, 3.8) is 0 Å². The number of carboxylic acid groups (broad SMARTS) is 1. The van der Waals surface area contributed by atoms with Crippen molar-refractivity contribution < 1.29 is 18.7 Å². The van der Waals surface area contributed by atoms with Crippen LogP contribution < -0.4 is 5.32 Å². The molecule has 2 aromatic carbocycles. The van der Waals surface area contributed by atoms with Gasteiger partial charge in [0.2, 0.25) is 0 Å². The summed E-state index contributed by atoms with van der Waals surface area (Å²) < 4.78 is 27.6. The molecule has 0 aliphatic heterocycles. The van der Waals surface area contributed by atoms with Crippen molar-refractivity contribution in [2.24, 2.45) is 0 Å². The summed E-state index contributed by atoms with van der Waals surface area (Å²) in [5, 5.41) is 11.6. The van der Waals surface area contributed by atoms with Crippen molar-refractivity contribution in [2.45, 2.75) is 6.92 Å². The van der Waals surface area contributed by atoms with Crippen molar-refractivity contribution in [1.82, 2.24) is 0 Å². The Hall–Kier alpha value is -2.14. The summed E-state index contributed by atoms with van der Waals surface area (Å²) in [6.45, 7) is 1.81. The van der Waals surface area contributed by atoms with Crippen LogP contribution in [-0.2, 0) is 0 Å². The van der Waals surface area contributed by atoms with Gasteiger partial charge < -0.3 is 10.4 Å². The number of hydrogen-bond acceptors (Lipinski definition) is 2. The van der Waals surface area contributed by atoms with E-state index in [1.165, 1.54) is 0 Å². The van der Waals surface area contributed by atoms with E-state index in [4.69, 9.17) is 16.7 Å². The van der Waals surface area contributed by atoms with Crippen LogP contribution in [0.5, 0.6) is 0 Å². The van der Waals surface area contributed by atoms with Crippen LogP contribution in [0.1, 0.15) is 15.9 Å². The highest BCUT2D eigenvalue weighted by Crippen LogP contribution is 2.30. The first-order chi connectivity index (χ1) is 9.38. The molecule has 0 radical (unpaired) electrons. The molecule has 0 aromatic heterocycles. The Morgan fingerprint density at radius 2 is 1.80 bits per heavy atom. The normalized spacial score (nSPS) is 10.4. The maximum atomic E-state index is 13.8. The zero-order valence-corrected chi connectivity index (χ0v) is 11.1. The second kappa shape index (κ2) is 5.46. The molecule has 0 fully saturated rings. The van der Waals surface area contributed by atoms with Crippen LogP contribution in [0.15, 0.2) is 30.3 Å². The molecule has 2 aromatic rings. The van der Waals surface area contributed by atoms with E-state index in [1.54, 1.807) is 18.2 Å². The molecule has 2 rings (SSSR count). The minimum Gasteiger partial charge on any atom is -0.478 e. The van der Waals surface area contributed by atoms with E-state index < -0.39 is 28.9 Å². The molecule has 0 saturated carbocycles. The third-order valence-electron chi connectivity index (χ3n) is 2.67. The highest BCUT2D eigenvalue weighted by molar-refractivity contribution is 6.33. The third-order valence-corrected chi connectivity index (χ3v) is 3.00. The lowest BCUT2D eigenvalue weighted by Crippen LogP contribution is -2.03. The zero-order chi connectivity index (χ0) is 14.9. The van der Waals surface area contributed by atoms with Crippen LogP contribution in [-0.4, -0.2) is 11.1 Å². The standard InChI is InChI=1S/C14H10ClF2NO2/c1-7-2-3-9(15)12(4-7)18-13-10(16)5-8(14(19)20)6-11(13)17/h2-6,18H,1H3,(H,19,20). The monoisotopic (exact) mass is 297 g/mol. The number of carboxylic acids is 1. The number of rotatable bonds is 3. The van der Waals surface area contributed by atoms with Gasteiger partial charge >= 0.3 is 5.97 Å². The topological polar surface area (TPSA) is 49.3 Å². The molecule has 0 bridgehead atoms. The first-order valence-corrected chi connectivity index (χ1v) is 6.02. The molecule has 3 nitrogen and oxygen atoms in total. The molecular formula is C14H10ClF2NO2. The highest BCUT2D eigenvalue weighted by Gasteiger charge is 2.15. The second-order valence-corrected chi connectivity index (χ2v) is 4.64. The van der Waals surface area contributed by atoms with Gasteiger partial charge in [0.1, 0.15) is 5.69 Å². The van der Waals surface area contributed by atoms with E-state index in [0.29, 0.717) is 10.7 Å². The van der Waals surface area contributed by atoms with E-state index in [0.717, 1.165) is 17.7 Å². The van der Waals surface area contributed by atoms with E-state index in [-0.39, 0.29) is 0 Å². The molecule has 0 heterocycles. The summed E-state index contributed by atoms with van der Waals surface area (Å²) in [6.07, 6.45) is 0. The van der Waals surface area contributed by atoms with Crippen LogP contribution in [0.3, 0.4) is 0 Å². The van der Waals surface area contributed by atoms with Crippen molar-refractivity contribution in [2.75, 3.05) is 5.32 Å². The predicted molar refractivity (Wildman–Crippen MR) is 72.8 cm³/mol. The molecule has 0 unspecified atom stereocenters. The fourth-order valence-electron chi connectivity index (χ4n) is 1.69. The van der Waals surface area contributed by atoms with Gasteiger partial charge in [-0.2, -0.15) is 0 Å². The Balaban J connectivity index is 2.44. The van der Waals surface area contributed by atoms with Crippen LogP contribution in [0, 0.1) is 18.6 Å². The Kier molecular flexibility index (Phi) is 3.90. The smallest absolute Gasteiger partial charge is 0.335 e. The first kappa shape index (κ1) is 14.3. The summed E-state index contributed by atoms with van der Waals surface area (Å²) in [5.74, 6) is -3.40. The molecule has 2 N–H and O–H groups in total. The predicted octanol–water partition coefficient (Wildman–Crippen LogP) is 4.37. The second-order valence-electron chi connectivity index (χ2n) is 4.23. The van der Waals surface area contributed by atoms with E-state index in [9.17, 15) is 13.6 Å². The fraction of sp³-hybridized carbons (Fsp3) is 0.0714. The van der Waals surface area contributed by atoms with Crippen LogP contribution in [0.25, 0.3) is 0 Å². The SMILES string of the molecule is Cc1ccc(Cl)c(Nc2c(F)cc(C(=O)O)cc2F)c1. The average molecular weight is 298 g/mol. The van der Waals surface area contributed by atoms with Gasteiger partial charge in [-0.05, 0) is 36.8 Å². The third kappa shape index (κ3) is 2.88. The van der Waals surface area contributed by atoms with Gasteiger partial charge in [0.05, 0.1) is 16.3 Å². The van der Waals surface area contributed by atoms with Gasteiger partial charge in [-0.1, -0.05) is 17.7 Å². The molecule has 0 atom stereocenters. The van der Waals surface area contributed by atoms with E-state index >= 15 is 0 Å². The molecule has 0 aliphatic carbocycles. The minimum atomic E-state index is -1.40. The number of carbonyl (C=O) groups is 1. The zero-order valence-electron chi connectivity index (χ0n) is 10.4. The number of anilines is 2. The highest BCUT2D eigenvalue weighted by atomic mass is 35.5. The molecule has 0 aliphatic rings. The first-order valence-electron chi connectivity index (χ1n) is 5.64. The largest absolute Gasteiger partial charge is 0.478 e. The Bertz CT molecular complexity index is 666. The number of aryl methyl sites for hydroxylation is 1. The molecule has 20 heavy (non-hydrogen) atoms. The molecule has 0 saturated heterocycles. The molecular weight excluding hydrogens is 288 g/mol. The molecule has 0 spiro atoms. The average Bonchev–Trinajstić information content (AvgIpc) is 2.37. The number of hydrogen-bond donors (Lipinski definition) is 2. The molecule has 0 amide bonds. The lowest BCUT2D eigenvalue weighted by atomic mass is 10.1. The summed E-state index contributed by atoms with van der Waals surface area (Å²) in [7, 11) is 0. The lowest BCUT2D eigenvalue weighted by Gasteiger charge is -2.11. The van der Waals surface area contributed by atoms with Crippen molar-refractivity contribution in [3.8, 4) is 0 Å². The van der Waals surface area contributed by atoms with Gasteiger partial charge in [0, 0.05) is 0 Å². The quantitative estimate of drug-likeness (QED) is 0.884. The minimum absolute atomic E-state index is 0.303. The van der Waals surface area contributed by atoms with Crippen LogP contribution >= 0.6 is 11.6 Å². The van der Waals surface area contributed by atoms with Crippen LogP contribution in [0.2, 0.25) is 5.02 Å². The summed E-state index contributed by atoms with van der Waals surface area (Å²) in [6, 6.07) is 6.48. The Morgan fingerprint density at radius 3 is 2.35 bits per heavy atom. The van der Waals surface area contributed by atoms with Gasteiger partial charge in [0.15, 0.2) is 11.6 Å². The molecule has 104 valence electrons. The van der Waals surface area contributed by atoms with E-state index in [2.05, 4.69) is 5.32 Å². The number of aromatic carboxylic acids is 1. The van der Waals surface area contributed by atoms with Crippen molar-refractivity contribution >= 4 is 28.9 Å². The number of halogens is 3. The van der Waals surface area contributed by atoms with Crippen LogP contribution in [0.4, 0.5) is 20.2 Å². The van der Waals surface area contributed by atoms with E-state index in [1.807, 2.05) is 6.92 Å². The molecule has 6 heteroatoms. The van der Waals surface area contributed by atoms with Crippen molar-refractivity contribution in [1.29, 1.82) is 0 Å². The maximum absolute atomic E-state index is 13.8. The Morgan fingerprint density at radius 1 is 1.20 bits per heavy atom. The summed E-state index contributed by atoms with van der Waals surface area (Å²) in [5.41, 5.74) is 0.302. The number of benzene rings is 2. The lowest BCUT2D eigenvalue weighted by molar-refractivity contribution is 0.0696. The number of nitrogens with one attached hydrogen (secondary N) is 1. The van der Waals surface area contributed by atoms with Gasteiger partial charge in [-0.15, -0.1) is 0 Å². The maximum Gasteiger partial charge on any atom is 0.335 e.